The zero-order chi connectivity index (χ0) is 8.72. The summed E-state index contributed by atoms with van der Waals surface area (Å²) < 4.78 is 0. The molecule has 2 saturated heterocycles. The fourth-order valence-electron chi connectivity index (χ4n) is 2.88. The van der Waals surface area contributed by atoms with Crippen LogP contribution < -0.4 is 0 Å². The zero-order valence-corrected chi connectivity index (χ0v) is 8.45. The lowest BCUT2D eigenvalue weighted by molar-refractivity contribution is 0.196. The van der Waals surface area contributed by atoms with Crippen molar-refractivity contribution in [2.45, 2.75) is 44.8 Å². The predicted molar refractivity (Wildman–Crippen MR) is 51.3 cm³/mol. The van der Waals surface area contributed by atoms with Gasteiger partial charge in [0, 0.05) is 24.7 Å². The molecule has 0 amide bonds. The third-order valence-electron chi connectivity index (χ3n) is 3.56. The van der Waals surface area contributed by atoms with E-state index in [9.17, 15) is 0 Å². The fourth-order valence-corrected chi connectivity index (χ4v) is 2.88. The molecule has 0 aromatic rings. The third kappa shape index (κ3) is 1.17. The normalized spacial score (nSPS) is 38.0. The maximum atomic E-state index is 2.67. The molecule has 0 saturated carbocycles. The number of fused-ring (bicyclic) bond motifs is 1. The standard InChI is InChI=1S/C10H20N2/c1-8(2)12-7-5-9-10(12)4-6-11(9)3/h8-10H,4-7H2,1-3H3/t9-,10-/m0/s1. The molecule has 2 heterocycles. The lowest BCUT2D eigenvalue weighted by Gasteiger charge is -2.27. The second-order valence-corrected chi connectivity index (χ2v) is 4.52. The Bertz CT molecular complexity index is 167. The average Bonchev–Trinajstić information content (AvgIpc) is 2.53. The minimum atomic E-state index is 0.742. The van der Waals surface area contributed by atoms with E-state index < -0.39 is 0 Å². The van der Waals surface area contributed by atoms with E-state index in [0.29, 0.717) is 0 Å². The highest BCUT2D eigenvalue weighted by molar-refractivity contribution is 4.98. The largest absolute Gasteiger partial charge is 0.302 e. The van der Waals surface area contributed by atoms with Gasteiger partial charge in [-0.2, -0.15) is 0 Å². The Morgan fingerprint density at radius 3 is 2.42 bits per heavy atom. The summed E-state index contributed by atoms with van der Waals surface area (Å²) in [4.78, 5) is 5.21. The first-order valence-electron chi connectivity index (χ1n) is 5.16. The summed E-state index contributed by atoms with van der Waals surface area (Å²) in [6.07, 6.45) is 2.78. The van der Waals surface area contributed by atoms with Crippen molar-refractivity contribution < 1.29 is 0 Å². The SMILES string of the molecule is CC(C)N1CC[C@H]2[C@@H]1CCN2C. The van der Waals surface area contributed by atoms with Crippen LogP contribution in [0.25, 0.3) is 0 Å². The van der Waals surface area contributed by atoms with Gasteiger partial charge in [-0.05, 0) is 40.3 Å². The van der Waals surface area contributed by atoms with Gasteiger partial charge in [-0.25, -0.2) is 0 Å². The van der Waals surface area contributed by atoms with Gasteiger partial charge >= 0.3 is 0 Å². The van der Waals surface area contributed by atoms with Gasteiger partial charge in [0.15, 0.2) is 0 Å². The predicted octanol–water partition coefficient (Wildman–Crippen LogP) is 1.17. The van der Waals surface area contributed by atoms with Crippen molar-refractivity contribution in [1.82, 2.24) is 9.80 Å². The maximum absolute atomic E-state index is 2.67. The molecule has 2 aliphatic rings. The lowest BCUT2D eigenvalue weighted by atomic mass is 10.1. The van der Waals surface area contributed by atoms with Gasteiger partial charge in [-0.1, -0.05) is 0 Å². The molecule has 0 radical (unpaired) electrons. The van der Waals surface area contributed by atoms with E-state index in [0.717, 1.165) is 18.1 Å². The smallest absolute Gasteiger partial charge is 0.0266 e. The van der Waals surface area contributed by atoms with Crippen LogP contribution in [0, 0.1) is 0 Å². The van der Waals surface area contributed by atoms with E-state index in [1.54, 1.807) is 0 Å². The summed E-state index contributed by atoms with van der Waals surface area (Å²) in [6.45, 7) is 7.26. The molecular formula is C10H20N2. The van der Waals surface area contributed by atoms with Gasteiger partial charge in [0.05, 0.1) is 0 Å². The molecule has 2 heteroatoms. The van der Waals surface area contributed by atoms with Crippen molar-refractivity contribution in [1.29, 1.82) is 0 Å². The number of rotatable bonds is 1. The molecule has 70 valence electrons. The molecule has 0 aromatic heterocycles. The van der Waals surface area contributed by atoms with Gasteiger partial charge in [0.1, 0.15) is 0 Å². The Morgan fingerprint density at radius 2 is 1.75 bits per heavy atom. The number of likely N-dealkylation sites (N-methyl/N-ethyl adjacent to an activating group) is 1. The number of hydrogen-bond donors (Lipinski definition) is 0. The first kappa shape index (κ1) is 8.52. The molecule has 0 aliphatic carbocycles. The van der Waals surface area contributed by atoms with E-state index in [1.807, 2.05) is 0 Å². The molecule has 0 N–H and O–H groups in total. The van der Waals surface area contributed by atoms with Gasteiger partial charge in [0.25, 0.3) is 0 Å². The average molecular weight is 168 g/mol. The van der Waals surface area contributed by atoms with Crippen molar-refractivity contribution in [2.75, 3.05) is 20.1 Å². The Kier molecular flexibility index (Phi) is 2.13. The maximum Gasteiger partial charge on any atom is 0.0266 e. The summed E-state index contributed by atoms with van der Waals surface area (Å²) in [5.41, 5.74) is 0. The summed E-state index contributed by atoms with van der Waals surface area (Å²) in [6, 6.07) is 2.48. The van der Waals surface area contributed by atoms with Crippen LogP contribution in [0.1, 0.15) is 26.7 Å². The quantitative estimate of drug-likeness (QED) is 0.580. The molecule has 2 aliphatic heterocycles. The van der Waals surface area contributed by atoms with Crippen molar-refractivity contribution >= 4 is 0 Å². The molecule has 0 bridgehead atoms. The summed E-state index contributed by atoms with van der Waals surface area (Å²) in [5.74, 6) is 0. The number of nitrogens with zero attached hydrogens (tertiary/aromatic N) is 2. The highest BCUT2D eigenvalue weighted by Gasteiger charge is 2.41. The monoisotopic (exact) mass is 168 g/mol. The van der Waals surface area contributed by atoms with E-state index in [-0.39, 0.29) is 0 Å². The van der Waals surface area contributed by atoms with Crippen LogP contribution in [-0.4, -0.2) is 48.1 Å². The van der Waals surface area contributed by atoms with Crippen LogP contribution >= 0.6 is 0 Å². The zero-order valence-electron chi connectivity index (χ0n) is 8.45. The Balaban J connectivity index is 2.05. The van der Waals surface area contributed by atoms with E-state index in [1.165, 1.54) is 25.9 Å². The van der Waals surface area contributed by atoms with E-state index in [2.05, 4.69) is 30.7 Å². The minimum absolute atomic E-state index is 0.742. The van der Waals surface area contributed by atoms with Crippen LogP contribution in [0.15, 0.2) is 0 Å². The van der Waals surface area contributed by atoms with E-state index >= 15 is 0 Å². The third-order valence-corrected chi connectivity index (χ3v) is 3.56. The second-order valence-electron chi connectivity index (χ2n) is 4.52. The summed E-state index contributed by atoms with van der Waals surface area (Å²) in [7, 11) is 2.27. The van der Waals surface area contributed by atoms with Crippen LogP contribution in [0.2, 0.25) is 0 Å². The van der Waals surface area contributed by atoms with E-state index in [4.69, 9.17) is 0 Å². The molecule has 2 atom stereocenters. The number of likely N-dealkylation sites (tertiary alicyclic amines) is 2. The molecule has 0 spiro atoms. The first-order valence-corrected chi connectivity index (χ1v) is 5.16. The molecule has 2 nitrogen and oxygen atoms in total. The van der Waals surface area contributed by atoms with Crippen molar-refractivity contribution in [3.8, 4) is 0 Å². The highest BCUT2D eigenvalue weighted by Crippen LogP contribution is 2.31. The van der Waals surface area contributed by atoms with Gasteiger partial charge in [-0.15, -0.1) is 0 Å². The van der Waals surface area contributed by atoms with Crippen molar-refractivity contribution in [3.63, 3.8) is 0 Å². The topological polar surface area (TPSA) is 6.48 Å². The Hall–Kier alpha value is -0.0800. The number of hydrogen-bond acceptors (Lipinski definition) is 2. The first-order chi connectivity index (χ1) is 5.70. The van der Waals surface area contributed by atoms with Crippen LogP contribution in [-0.2, 0) is 0 Å². The van der Waals surface area contributed by atoms with Crippen molar-refractivity contribution in [2.24, 2.45) is 0 Å². The molecule has 0 unspecified atom stereocenters. The summed E-state index contributed by atoms with van der Waals surface area (Å²) >= 11 is 0. The second kappa shape index (κ2) is 3.00. The Labute approximate surface area is 75.5 Å². The molecule has 0 aromatic carbocycles. The van der Waals surface area contributed by atoms with Crippen molar-refractivity contribution in [3.05, 3.63) is 0 Å². The van der Waals surface area contributed by atoms with Crippen LogP contribution in [0.4, 0.5) is 0 Å². The van der Waals surface area contributed by atoms with Crippen LogP contribution in [0.5, 0.6) is 0 Å². The van der Waals surface area contributed by atoms with Gasteiger partial charge in [0.2, 0.25) is 0 Å². The molecular weight excluding hydrogens is 148 g/mol. The van der Waals surface area contributed by atoms with Gasteiger partial charge in [-0.3, -0.25) is 4.90 Å². The summed E-state index contributed by atoms with van der Waals surface area (Å²) in [5, 5.41) is 0. The molecule has 12 heavy (non-hydrogen) atoms. The minimum Gasteiger partial charge on any atom is -0.302 e. The molecule has 2 rings (SSSR count). The fraction of sp³-hybridized carbons (Fsp3) is 1.00. The van der Waals surface area contributed by atoms with Gasteiger partial charge < -0.3 is 4.90 Å². The van der Waals surface area contributed by atoms with Crippen LogP contribution in [0.3, 0.4) is 0 Å². The lowest BCUT2D eigenvalue weighted by Crippen LogP contribution is -2.38. The highest BCUT2D eigenvalue weighted by atomic mass is 15.3. The Morgan fingerprint density at radius 1 is 1.08 bits per heavy atom. The molecule has 2 fully saturated rings.